The summed E-state index contributed by atoms with van der Waals surface area (Å²) in [5.74, 6) is 0.361. The zero-order chi connectivity index (χ0) is 20.2. The number of rotatable bonds is 6. The summed E-state index contributed by atoms with van der Waals surface area (Å²) in [7, 11) is 0. The minimum Gasteiger partial charge on any atom is -0.489 e. The maximum Gasteiger partial charge on any atom is 0.335 e. The Bertz CT molecular complexity index is 988. The van der Waals surface area contributed by atoms with Crippen LogP contribution in [0.25, 0.3) is 11.1 Å². The molecule has 148 valence electrons. The highest BCUT2D eigenvalue weighted by atomic mass is 35.5. The topological polar surface area (TPSA) is 46.5 Å². The van der Waals surface area contributed by atoms with Crippen LogP contribution in [0.1, 0.15) is 53.1 Å². The number of ether oxygens (including phenoxy) is 1. The number of aromatic carboxylic acids is 1. The van der Waals surface area contributed by atoms with E-state index in [2.05, 4.69) is 0 Å². The van der Waals surface area contributed by atoms with Crippen molar-refractivity contribution in [3.8, 4) is 16.9 Å². The number of benzene rings is 3. The van der Waals surface area contributed by atoms with Crippen LogP contribution in [0, 0.1) is 0 Å². The van der Waals surface area contributed by atoms with E-state index in [1.54, 1.807) is 6.07 Å². The van der Waals surface area contributed by atoms with Crippen LogP contribution < -0.4 is 4.74 Å². The molecule has 1 saturated carbocycles. The van der Waals surface area contributed by atoms with E-state index >= 15 is 0 Å². The predicted octanol–water partition coefficient (Wildman–Crippen LogP) is 6.94. The predicted molar refractivity (Wildman–Crippen MR) is 116 cm³/mol. The quantitative estimate of drug-likeness (QED) is 0.482. The van der Waals surface area contributed by atoms with Crippen LogP contribution in [-0.2, 0) is 6.61 Å². The van der Waals surface area contributed by atoms with Gasteiger partial charge in [-0.05, 0) is 77.4 Å². The first-order valence-electron chi connectivity index (χ1n) is 9.95. The van der Waals surface area contributed by atoms with Crippen molar-refractivity contribution in [3.63, 3.8) is 0 Å². The summed E-state index contributed by atoms with van der Waals surface area (Å²) in [6, 6.07) is 21.1. The number of carbonyl (C=O) groups is 1. The number of hydrogen-bond donors (Lipinski definition) is 1. The van der Waals surface area contributed by atoms with Crippen LogP contribution in [0.4, 0.5) is 0 Å². The summed E-state index contributed by atoms with van der Waals surface area (Å²) >= 11 is 5.92. The van der Waals surface area contributed by atoms with Crippen molar-refractivity contribution in [2.24, 2.45) is 0 Å². The van der Waals surface area contributed by atoms with Crippen LogP contribution in [-0.4, -0.2) is 11.1 Å². The second-order valence-electron chi connectivity index (χ2n) is 7.53. The van der Waals surface area contributed by atoms with Crippen LogP contribution in [0.15, 0.2) is 66.7 Å². The first kappa shape index (κ1) is 19.5. The summed E-state index contributed by atoms with van der Waals surface area (Å²) in [6.45, 7) is 0.483. The van der Waals surface area contributed by atoms with Gasteiger partial charge in [0.15, 0.2) is 0 Å². The standard InChI is InChI=1S/C25H23ClO3/c26-21-10-5-17(6-11-21)16-29-22-12-7-19(8-13-22)23-14-9-20(25(27)28)15-24(23)18-3-1-2-4-18/h5-15,18H,1-4,16H2,(H,27,28). The average Bonchev–Trinajstić information content (AvgIpc) is 3.28. The lowest BCUT2D eigenvalue weighted by atomic mass is 9.88. The van der Waals surface area contributed by atoms with E-state index in [1.807, 2.05) is 60.7 Å². The van der Waals surface area contributed by atoms with Crippen LogP contribution in [0.2, 0.25) is 5.02 Å². The SMILES string of the molecule is O=C(O)c1ccc(-c2ccc(OCc3ccc(Cl)cc3)cc2)c(C2CCCC2)c1. The van der Waals surface area contributed by atoms with Gasteiger partial charge in [-0.3, -0.25) is 0 Å². The van der Waals surface area contributed by atoms with Gasteiger partial charge in [0.1, 0.15) is 12.4 Å². The molecule has 4 rings (SSSR count). The number of hydrogen-bond acceptors (Lipinski definition) is 2. The van der Waals surface area contributed by atoms with Crippen molar-refractivity contribution in [2.75, 3.05) is 0 Å². The molecule has 0 heterocycles. The lowest BCUT2D eigenvalue weighted by molar-refractivity contribution is 0.0696. The van der Waals surface area contributed by atoms with Gasteiger partial charge in [0.25, 0.3) is 0 Å². The lowest BCUT2D eigenvalue weighted by Gasteiger charge is -2.17. The largest absolute Gasteiger partial charge is 0.489 e. The van der Waals surface area contributed by atoms with Crippen LogP contribution in [0.3, 0.4) is 0 Å². The Kier molecular flexibility index (Phi) is 5.86. The molecule has 0 amide bonds. The van der Waals surface area contributed by atoms with Crippen LogP contribution in [0.5, 0.6) is 5.75 Å². The smallest absolute Gasteiger partial charge is 0.335 e. The molecule has 0 saturated heterocycles. The van der Waals surface area contributed by atoms with Crippen molar-refractivity contribution in [1.82, 2.24) is 0 Å². The van der Waals surface area contributed by atoms with E-state index in [4.69, 9.17) is 16.3 Å². The Balaban J connectivity index is 1.55. The fraction of sp³-hybridized carbons (Fsp3) is 0.240. The minimum atomic E-state index is -0.873. The molecule has 0 atom stereocenters. The fourth-order valence-corrected chi connectivity index (χ4v) is 4.14. The van der Waals surface area contributed by atoms with Gasteiger partial charge in [-0.25, -0.2) is 4.79 Å². The van der Waals surface area contributed by atoms with E-state index in [9.17, 15) is 9.90 Å². The van der Waals surface area contributed by atoms with Gasteiger partial charge in [-0.1, -0.05) is 54.8 Å². The Morgan fingerprint density at radius 3 is 2.31 bits per heavy atom. The van der Waals surface area contributed by atoms with Crippen LogP contribution >= 0.6 is 11.6 Å². The molecule has 0 radical (unpaired) electrons. The molecule has 0 aliphatic heterocycles. The van der Waals surface area contributed by atoms with Crippen molar-refractivity contribution in [3.05, 3.63) is 88.4 Å². The Morgan fingerprint density at radius 2 is 1.66 bits per heavy atom. The molecule has 3 nitrogen and oxygen atoms in total. The Hall–Kier alpha value is -2.78. The van der Waals surface area contributed by atoms with E-state index < -0.39 is 5.97 Å². The fourth-order valence-electron chi connectivity index (χ4n) is 4.01. The van der Waals surface area contributed by atoms with E-state index in [0.717, 1.165) is 40.8 Å². The van der Waals surface area contributed by atoms with Crippen molar-refractivity contribution >= 4 is 17.6 Å². The van der Waals surface area contributed by atoms with Crippen molar-refractivity contribution in [2.45, 2.75) is 38.2 Å². The third-order valence-electron chi connectivity index (χ3n) is 5.58. The maximum atomic E-state index is 11.4. The highest BCUT2D eigenvalue weighted by molar-refractivity contribution is 6.30. The van der Waals surface area contributed by atoms with Gasteiger partial charge in [-0.15, -0.1) is 0 Å². The van der Waals surface area contributed by atoms with E-state index in [-0.39, 0.29) is 0 Å². The molecule has 4 heteroatoms. The maximum absolute atomic E-state index is 11.4. The van der Waals surface area contributed by atoms with E-state index in [0.29, 0.717) is 23.1 Å². The summed E-state index contributed by atoms with van der Waals surface area (Å²) in [5.41, 5.74) is 4.77. The summed E-state index contributed by atoms with van der Waals surface area (Å²) < 4.78 is 5.88. The molecule has 1 aliphatic rings. The van der Waals surface area contributed by atoms with Gasteiger partial charge in [0, 0.05) is 5.02 Å². The zero-order valence-corrected chi connectivity index (χ0v) is 16.9. The first-order chi connectivity index (χ1) is 14.1. The second kappa shape index (κ2) is 8.71. The van der Waals surface area contributed by atoms with Crippen molar-refractivity contribution < 1.29 is 14.6 Å². The third-order valence-corrected chi connectivity index (χ3v) is 5.83. The van der Waals surface area contributed by atoms with Gasteiger partial charge in [0.2, 0.25) is 0 Å². The molecular formula is C25H23ClO3. The van der Waals surface area contributed by atoms with Crippen molar-refractivity contribution in [1.29, 1.82) is 0 Å². The second-order valence-corrected chi connectivity index (χ2v) is 7.96. The van der Waals surface area contributed by atoms with Gasteiger partial charge in [-0.2, -0.15) is 0 Å². The molecule has 1 fully saturated rings. The molecule has 1 aliphatic carbocycles. The van der Waals surface area contributed by atoms with Gasteiger partial charge >= 0.3 is 5.97 Å². The summed E-state index contributed by atoms with van der Waals surface area (Å²) in [4.78, 5) is 11.4. The van der Waals surface area contributed by atoms with Gasteiger partial charge < -0.3 is 9.84 Å². The molecular weight excluding hydrogens is 384 g/mol. The molecule has 0 aromatic heterocycles. The highest BCUT2D eigenvalue weighted by Crippen LogP contribution is 2.40. The Labute approximate surface area is 175 Å². The lowest BCUT2D eigenvalue weighted by Crippen LogP contribution is -2.02. The molecule has 0 unspecified atom stereocenters. The molecule has 0 spiro atoms. The number of carboxylic acids is 1. The monoisotopic (exact) mass is 406 g/mol. The molecule has 0 bridgehead atoms. The highest BCUT2D eigenvalue weighted by Gasteiger charge is 2.22. The molecule has 3 aromatic rings. The summed E-state index contributed by atoms with van der Waals surface area (Å²) in [5, 5.41) is 10.1. The normalized spacial score (nSPS) is 14.1. The zero-order valence-electron chi connectivity index (χ0n) is 16.1. The molecule has 29 heavy (non-hydrogen) atoms. The number of carboxylic acid groups (broad SMARTS) is 1. The minimum absolute atomic E-state index is 0.360. The summed E-state index contributed by atoms with van der Waals surface area (Å²) in [6.07, 6.45) is 4.66. The first-order valence-corrected chi connectivity index (χ1v) is 10.3. The molecule has 3 aromatic carbocycles. The van der Waals surface area contributed by atoms with Gasteiger partial charge in [0.05, 0.1) is 5.56 Å². The third kappa shape index (κ3) is 4.63. The van der Waals surface area contributed by atoms with E-state index in [1.165, 1.54) is 12.8 Å². The number of halogens is 1. The molecule has 1 N–H and O–H groups in total. The average molecular weight is 407 g/mol. The Morgan fingerprint density at radius 1 is 0.966 bits per heavy atom.